The second kappa shape index (κ2) is 4.39. The third kappa shape index (κ3) is 2.05. The van der Waals surface area contributed by atoms with Crippen molar-refractivity contribution in [2.45, 2.75) is 13.0 Å². The quantitative estimate of drug-likeness (QED) is 0.807. The molecule has 1 heterocycles. The number of carbonyl (C=O) groups is 1. The van der Waals surface area contributed by atoms with Crippen LogP contribution in [0.3, 0.4) is 0 Å². The van der Waals surface area contributed by atoms with Crippen LogP contribution in [0.4, 0.5) is 14.9 Å². The summed E-state index contributed by atoms with van der Waals surface area (Å²) < 4.78 is 13.6. The van der Waals surface area contributed by atoms with Gasteiger partial charge in [0.2, 0.25) is 0 Å². The van der Waals surface area contributed by atoms with E-state index < -0.39 is 0 Å². The molecule has 4 heteroatoms. The standard InChI is InChI=1S/C15H13FN2O/c1-9-7-11(16)8-12-13(9)17-15(19)18-14(12)10-5-3-2-4-6-10/h2-8,14H,1H3,(H2,17,18,19). The second-order valence-corrected chi connectivity index (χ2v) is 4.63. The van der Waals surface area contributed by atoms with Crippen LogP contribution in [0.5, 0.6) is 0 Å². The minimum Gasteiger partial charge on any atom is -0.327 e. The molecule has 2 aromatic carbocycles. The normalized spacial score (nSPS) is 17.4. The molecule has 2 aromatic rings. The monoisotopic (exact) mass is 256 g/mol. The number of aryl methyl sites for hydroxylation is 1. The van der Waals surface area contributed by atoms with E-state index >= 15 is 0 Å². The predicted molar refractivity (Wildman–Crippen MR) is 71.6 cm³/mol. The Kier molecular flexibility index (Phi) is 2.71. The molecule has 1 atom stereocenters. The molecule has 0 saturated carbocycles. The van der Waals surface area contributed by atoms with E-state index in [4.69, 9.17) is 0 Å². The number of nitrogens with one attached hydrogen (secondary N) is 2. The van der Waals surface area contributed by atoms with Crippen molar-refractivity contribution in [2.75, 3.05) is 5.32 Å². The third-order valence-electron chi connectivity index (χ3n) is 3.29. The van der Waals surface area contributed by atoms with E-state index in [1.54, 1.807) is 6.92 Å². The average molecular weight is 256 g/mol. The van der Waals surface area contributed by atoms with Crippen LogP contribution in [0.25, 0.3) is 0 Å². The number of benzene rings is 2. The Morgan fingerprint density at radius 1 is 1.16 bits per heavy atom. The van der Waals surface area contributed by atoms with E-state index in [0.717, 1.165) is 16.7 Å². The molecule has 0 aliphatic carbocycles. The lowest BCUT2D eigenvalue weighted by Gasteiger charge is -2.29. The van der Waals surface area contributed by atoms with Crippen molar-refractivity contribution < 1.29 is 9.18 Å². The van der Waals surface area contributed by atoms with Gasteiger partial charge in [0.25, 0.3) is 0 Å². The first-order chi connectivity index (χ1) is 9.15. The van der Waals surface area contributed by atoms with E-state index in [-0.39, 0.29) is 17.9 Å². The molecule has 1 aliphatic heterocycles. The Hall–Kier alpha value is -2.36. The molecule has 2 amide bonds. The molecule has 1 unspecified atom stereocenters. The second-order valence-electron chi connectivity index (χ2n) is 4.63. The summed E-state index contributed by atoms with van der Waals surface area (Å²) in [5, 5.41) is 5.56. The Bertz CT molecular complexity index is 640. The number of rotatable bonds is 1. The molecule has 1 aliphatic rings. The summed E-state index contributed by atoms with van der Waals surface area (Å²) in [5.41, 5.74) is 3.11. The molecular formula is C15H13FN2O. The number of hydrogen-bond donors (Lipinski definition) is 2. The van der Waals surface area contributed by atoms with Crippen LogP contribution in [0.2, 0.25) is 0 Å². The van der Waals surface area contributed by atoms with Gasteiger partial charge in [0.05, 0.1) is 11.7 Å². The van der Waals surface area contributed by atoms with Gasteiger partial charge in [-0.1, -0.05) is 30.3 Å². The van der Waals surface area contributed by atoms with Gasteiger partial charge in [-0.05, 0) is 30.2 Å². The number of anilines is 1. The first-order valence-electron chi connectivity index (χ1n) is 6.07. The molecule has 96 valence electrons. The van der Waals surface area contributed by atoms with Gasteiger partial charge in [0.15, 0.2) is 0 Å². The number of fused-ring (bicyclic) bond motifs is 1. The summed E-state index contributed by atoms with van der Waals surface area (Å²) >= 11 is 0. The number of urea groups is 1. The smallest absolute Gasteiger partial charge is 0.320 e. The van der Waals surface area contributed by atoms with Crippen molar-refractivity contribution in [3.05, 3.63) is 65.0 Å². The topological polar surface area (TPSA) is 41.1 Å². The number of carbonyl (C=O) groups excluding carboxylic acids is 1. The summed E-state index contributed by atoms with van der Waals surface area (Å²) in [6.07, 6.45) is 0. The van der Waals surface area contributed by atoms with Crippen LogP contribution < -0.4 is 10.6 Å². The predicted octanol–water partition coefficient (Wildman–Crippen LogP) is 3.36. The zero-order valence-electron chi connectivity index (χ0n) is 10.4. The average Bonchev–Trinajstić information content (AvgIpc) is 2.40. The van der Waals surface area contributed by atoms with E-state index in [2.05, 4.69) is 10.6 Å². The van der Waals surface area contributed by atoms with Crippen LogP contribution in [-0.2, 0) is 0 Å². The fourth-order valence-electron chi connectivity index (χ4n) is 2.43. The van der Waals surface area contributed by atoms with Gasteiger partial charge in [-0.3, -0.25) is 0 Å². The van der Waals surface area contributed by atoms with Crippen molar-refractivity contribution in [1.29, 1.82) is 0 Å². The minimum absolute atomic E-state index is 0.268. The van der Waals surface area contributed by atoms with Crippen LogP contribution >= 0.6 is 0 Å². The summed E-state index contributed by atoms with van der Waals surface area (Å²) in [7, 11) is 0. The highest BCUT2D eigenvalue weighted by atomic mass is 19.1. The van der Waals surface area contributed by atoms with Crippen molar-refractivity contribution in [3.63, 3.8) is 0 Å². The highest BCUT2D eigenvalue weighted by Crippen LogP contribution is 2.34. The maximum absolute atomic E-state index is 13.6. The lowest BCUT2D eigenvalue weighted by atomic mass is 9.93. The number of amides is 2. The van der Waals surface area contributed by atoms with Gasteiger partial charge in [-0.25, -0.2) is 9.18 Å². The highest BCUT2D eigenvalue weighted by molar-refractivity contribution is 5.94. The molecule has 0 saturated heterocycles. The summed E-state index contributed by atoms with van der Waals surface area (Å²) in [4.78, 5) is 11.7. The van der Waals surface area contributed by atoms with Crippen LogP contribution in [-0.4, -0.2) is 6.03 Å². The molecule has 3 rings (SSSR count). The maximum atomic E-state index is 13.6. The van der Waals surface area contributed by atoms with Crippen molar-refractivity contribution in [1.82, 2.24) is 5.32 Å². The van der Waals surface area contributed by atoms with Crippen LogP contribution in [0.1, 0.15) is 22.7 Å². The van der Waals surface area contributed by atoms with Gasteiger partial charge in [-0.2, -0.15) is 0 Å². The number of halogens is 1. The lowest BCUT2D eigenvalue weighted by molar-refractivity contribution is 0.249. The maximum Gasteiger partial charge on any atom is 0.320 e. The number of hydrogen-bond acceptors (Lipinski definition) is 1. The molecular weight excluding hydrogens is 243 g/mol. The first kappa shape index (κ1) is 11.7. The Morgan fingerprint density at radius 2 is 1.89 bits per heavy atom. The van der Waals surface area contributed by atoms with Crippen LogP contribution in [0.15, 0.2) is 42.5 Å². The highest BCUT2D eigenvalue weighted by Gasteiger charge is 2.27. The molecule has 0 aromatic heterocycles. The van der Waals surface area contributed by atoms with E-state index in [9.17, 15) is 9.18 Å². The Labute approximate surface area is 110 Å². The zero-order valence-corrected chi connectivity index (χ0v) is 10.4. The van der Waals surface area contributed by atoms with E-state index in [1.165, 1.54) is 12.1 Å². The zero-order chi connectivity index (χ0) is 13.4. The van der Waals surface area contributed by atoms with Crippen molar-refractivity contribution in [2.24, 2.45) is 0 Å². The SMILES string of the molecule is Cc1cc(F)cc2c1NC(=O)NC2c1ccccc1. The molecule has 0 fully saturated rings. The summed E-state index contributed by atoms with van der Waals surface area (Å²) in [6.45, 7) is 1.79. The van der Waals surface area contributed by atoms with Crippen molar-refractivity contribution >= 4 is 11.7 Å². The molecule has 0 bridgehead atoms. The van der Waals surface area contributed by atoms with Crippen molar-refractivity contribution in [3.8, 4) is 0 Å². The molecule has 0 spiro atoms. The van der Waals surface area contributed by atoms with E-state index in [1.807, 2.05) is 30.3 Å². The lowest BCUT2D eigenvalue weighted by Crippen LogP contribution is -2.38. The van der Waals surface area contributed by atoms with E-state index in [0.29, 0.717) is 5.69 Å². The van der Waals surface area contributed by atoms with Gasteiger partial charge < -0.3 is 10.6 Å². The van der Waals surface area contributed by atoms with Gasteiger partial charge in [-0.15, -0.1) is 0 Å². The minimum atomic E-state index is -0.320. The molecule has 19 heavy (non-hydrogen) atoms. The van der Waals surface area contributed by atoms with Gasteiger partial charge >= 0.3 is 6.03 Å². The Balaban J connectivity index is 2.17. The molecule has 2 N–H and O–H groups in total. The van der Waals surface area contributed by atoms with Crippen LogP contribution in [0, 0.1) is 12.7 Å². The fourth-order valence-corrected chi connectivity index (χ4v) is 2.43. The fraction of sp³-hybridized carbons (Fsp3) is 0.133. The molecule has 3 nitrogen and oxygen atoms in total. The summed E-state index contributed by atoms with van der Waals surface area (Å²) in [5.74, 6) is -0.296. The summed E-state index contributed by atoms with van der Waals surface area (Å²) in [6, 6.07) is 11.8. The Morgan fingerprint density at radius 3 is 2.63 bits per heavy atom. The third-order valence-corrected chi connectivity index (χ3v) is 3.29. The van der Waals surface area contributed by atoms with Gasteiger partial charge in [0, 0.05) is 5.56 Å². The largest absolute Gasteiger partial charge is 0.327 e. The van der Waals surface area contributed by atoms with Gasteiger partial charge in [0.1, 0.15) is 5.82 Å². The molecule has 0 radical (unpaired) electrons. The first-order valence-corrected chi connectivity index (χ1v) is 6.07.